The Hall–Kier alpha value is -3.60. The summed E-state index contributed by atoms with van der Waals surface area (Å²) in [6.07, 6.45) is 2.59. The molecular weight excluding hydrogens is 458 g/mol. The van der Waals surface area contributed by atoms with E-state index in [2.05, 4.69) is 37.4 Å². The number of unbranched alkanes of at least 4 members (excludes halogenated alkanes) is 1. The van der Waals surface area contributed by atoms with Crippen LogP contribution in [0, 0.1) is 0 Å². The maximum absolute atomic E-state index is 12.6. The van der Waals surface area contributed by atoms with Crippen LogP contribution in [0.3, 0.4) is 0 Å². The second-order valence-electron chi connectivity index (χ2n) is 7.57. The first-order valence-corrected chi connectivity index (χ1v) is 11.2. The van der Waals surface area contributed by atoms with Crippen molar-refractivity contribution in [2.24, 2.45) is 5.90 Å². The number of aromatic amines is 1. The number of hydrogen-bond donors (Lipinski definition) is 2. The van der Waals surface area contributed by atoms with E-state index in [1.807, 2.05) is 48.5 Å². The lowest BCUT2D eigenvalue weighted by atomic mass is 9.98. The highest BCUT2D eigenvalue weighted by Crippen LogP contribution is 2.30. The van der Waals surface area contributed by atoms with Gasteiger partial charge < -0.3 is 9.30 Å². The number of rotatable bonds is 10. The number of imidazole rings is 1. The van der Waals surface area contributed by atoms with E-state index in [0.29, 0.717) is 18.8 Å². The Bertz CT molecular complexity index is 1240. The van der Waals surface area contributed by atoms with Crippen molar-refractivity contribution in [1.29, 1.82) is 0 Å². The number of nitrogens with two attached hydrogens (primary N) is 1. The van der Waals surface area contributed by atoms with Crippen LogP contribution in [0.5, 0.6) is 0 Å². The molecule has 10 nitrogen and oxygen atoms in total. The van der Waals surface area contributed by atoms with E-state index in [1.165, 1.54) is 0 Å². The van der Waals surface area contributed by atoms with E-state index < -0.39 is 5.97 Å². The van der Waals surface area contributed by atoms with Crippen molar-refractivity contribution in [1.82, 2.24) is 30.2 Å². The number of aromatic nitrogens is 6. The Morgan fingerprint density at radius 2 is 1.91 bits per heavy atom. The van der Waals surface area contributed by atoms with Gasteiger partial charge >= 0.3 is 5.97 Å². The number of hydrogen-bond acceptors (Lipinski definition) is 8. The largest absolute Gasteiger partial charge is 0.432 e. The first-order chi connectivity index (χ1) is 16.6. The molecule has 0 saturated carbocycles. The Balaban J connectivity index is 1.63. The fourth-order valence-electron chi connectivity index (χ4n) is 3.70. The van der Waals surface area contributed by atoms with Gasteiger partial charge in [0.15, 0.2) is 16.7 Å². The first kappa shape index (κ1) is 23.6. The molecule has 2 heterocycles. The van der Waals surface area contributed by atoms with Gasteiger partial charge in [-0.1, -0.05) is 73.5 Å². The number of esters is 1. The van der Waals surface area contributed by atoms with Crippen LogP contribution >= 0.6 is 11.6 Å². The highest BCUT2D eigenvalue weighted by Gasteiger charge is 2.23. The summed E-state index contributed by atoms with van der Waals surface area (Å²) >= 11 is 6.32. The number of carbonyl (C=O) groups is 1. The maximum Gasteiger partial charge on any atom is 0.360 e. The van der Waals surface area contributed by atoms with Crippen molar-refractivity contribution >= 4 is 17.6 Å². The third-order valence-electron chi connectivity index (χ3n) is 5.34. The molecule has 176 valence electrons. The van der Waals surface area contributed by atoms with Crippen LogP contribution in [-0.4, -0.2) is 42.9 Å². The molecule has 0 saturated heterocycles. The Kier molecular flexibility index (Phi) is 7.63. The average Bonchev–Trinajstić information content (AvgIpc) is 3.50. The van der Waals surface area contributed by atoms with Gasteiger partial charge in [-0.15, -0.1) is 5.10 Å². The zero-order valence-electron chi connectivity index (χ0n) is 18.6. The first-order valence-electron chi connectivity index (χ1n) is 10.8. The number of tetrazole rings is 1. The lowest BCUT2D eigenvalue weighted by molar-refractivity contribution is -0.0333. The second kappa shape index (κ2) is 11.0. The summed E-state index contributed by atoms with van der Waals surface area (Å²) in [6.45, 7) is 2.12. The standard InChI is InChI=1S/C23H24ClN7O3/c1-2-3-8-19-26-21(24)20(23(32)33-14-34-25)31(19)13-15-9-11-16(12-10-15)17-6-4-5-7-18(17)22-27-29-30-28-22/h4-7,9-12H,2-3,8,13-14,25H2,1H3,(H,27,28,29,30). The summed E-state index contributed by atoms with van der Waals surface area (Å²) in [5, 5.41) is 14.3. The zero-order chi connectivity index (χ0) is 23.9. The number of benzene rings is 2. The molecule has 0 fully saturated rings. The summed E-state index contributed by atoms with van der Waals surface area (Å²) in [5.74, 6) is 5.66. The fraction of sp³-hybridized carbons (Fsp3) is 0.261. The number of carbonyl (C=O) groups excluding carboxylic acids is 1. The summed E-state index contributed by atoms with van der Waals surface area (Å²) < 4.78 is 6.82. The smallest absolute Gasteiger partial charge is 0.360 e. The zero-order valence-corrected chi connectivity index (χ0v) is 19.3. The number of ether oxygens (including phenoxy) is 1. The van der Waals surface area contributed by atoms with Crippen molar-refractivity contribution in [2.75, 3.05) is 6.79 Å². The monoisotopic (exact) mass is 481 g/mol. The molecule has 0 bridgehead atoms. The summed E-state index contributed by atoms with van der Waals surface area (Å²) in [4.78, 5) is 21.4. The van der Waals surface area contributed by atoms with Gasteiger partial charge in [-0.05, 0) is 33.5 Å². The topological polar surface area (TPSA) is 134 Å². The summed E-state index contributed by atoms with van der Waals surface area (Å²) in [7, 11) is 0. The number of H-pyrrole nitrogens is 1. The van der Waals surface area contributed by atoms with E-state index in [-0.39, 0.29) is 17.6 Å². The molecule has 34 heavy (non-hydrogen) atoms. The number of aryl methyl sites for hydroxylation is 1. The predicted octanol–water partition coefficient (Wildman–Crippen LogP) is 3.78. The van der Waals surface area contributed by atoms with Gasteiger partial charge in [0.1, 0.15) is 5.82 Å². The van der Waals surface area contributed by atoms with Crippen LogP contribution in [0.4, 0.5) is 0 Å². The molecule has 4 aromatic rings. The number of nitrogens with zero attached hydrogens (tertiary/aromatic N) is 5. The molecule has 0 aliphatic carbocycles. The third-order valence-corrected chi connectivity index (χ3v) is 5.61. The van der Waals surface area contributed by atoms with Gasteiger partial charge in [0.25, 0.3) is 0 Å². The summed E-state index contributed by atoms with van der Waals surface area (Å²) in [6, 6.07) is 15.9. The van der Waals surface area contributed by atoms with Crippen LogP contribution in [0.2, 0.25) is 5.15 Å². The van der Waals surface area contributed by atoms with Gasteiger partial charge in [0.2, 0.25) is 6.79 Å². The van der Waals surface area contributed by atoms with E-state index in [0.717, 1.165) is 40.9 Å². The SMILES string of the molecule is CCCCc1nc(Cl)c(C(=O)OCON)n1Cc1ccc(-c2ccccc2-c2nnn[nH]2)cc1. The molecule has 0 atom stereocenters. The Labute approximate surface area is 201 Å². The van der Waals surface area contributed by atoms with Gasteiger partial charge in [-0.3, -0.25) is 4.84 Å². The van der Waals surface area contributed by atoms with Gasteiger partial charge in [0, 0.05) is 18.5 Å². The van der Waals surface area contributed by atoms with Crippen LogP contribution in [0.15, 0.2) is 48.5 Å². The van der Waals surface area contributed by atoms with Gasteiger partial charge in [-0.2, -0.15) is 0 Å². The minimum Gasteiger partial charge on any atom is -0.432 e. The molecule has 2 aromatic carbocycles. The highest BCUT2D eigenvalue weighted by atomic mass is 35.5. The molecule has 3 N–H and O–H groups in total. The van der Waals surface area contributed by atoms with Gasteiger partial charge in [-0.25, -0.2) is 20.8 Å². The molecule has 2 aromatic heterocycles. The molecule has 0 spiro atoms. The van der Waals surface area contributed by atoms with E-state index in [1.54, 1.807) is 4.57 Å². The summed E-state index contributed by atoms with van der Waals surface area (Å²) in [5.41, 5.74) is 4.05. The molecule has 0 unspecified atom stereocenters. The Morgan fingerprint density at radius 1 is 1.15 bits per heavy atom. The number of halogens is 1. The molecule has 11 heteroatoms. The van der Waals surface area contributed by atoms with Crippen LogP contribution in [0.1, 0.15) is 41.6 Å². The predicted molar refractivity (Wildman–Crippen MR) is 126 cm³/mol. The molecule has 0 amide bonds. The van der Waals surface area contributed by atoms with E-state index in [4.69, 9.17) is 22.2 Å². The average molecular weight is 482 g/mol. The van der Waals surface area contributed by atoms with Crippen molar-refractivity contribution in [3.63, 3.8) is 0 Å². The molecule has 0 aliphatic heterocycles. The molecule has 0 radical (unpaired) electrons. The minimum atomic E-state index is -0.642. The van der Waals surface area contributed by atoms with E-state index >= 15 is 0 Å². The highest BCUT2D eigenvalue weighted by molar-refractivity contribution is 6.32. The van der Waals surface area contributed by atoms with E-state index in [9.17, 15) is 4.79 Å². The van der Waals surface area contributed by atoms with Crippen LogP contribution in [-0.2, 0) is 22.5 Å². The van der Waals surface area contributed by atoms with Crippen molar-refractivity contribution in [2.45, 2.75) is 32.7 Å². The van der Waals surface area contributed by atoms with Crippen LogP contribution in [0.25, 0.3) is 22.5 Å². The lowest BCUT2D eigenvalue weighted by Gasteiger charge is -2.13. The quantitative estimate of drug-likeness (QED) is 0.198. The third kappa shape index (κ3) is 5.14. The normalized spacial score (nSPS) is 11.0. The Morgan fingerprint density at radius 3 is 2.59 bits per heavy atom. The maximum atomic E-state index is 12.6. The molecular formula is C23H24ClN7O3. The van der Waals surface area contributed by atoms with Gasteiger partial charge in [0.05, 0.1) is 0 Å². The van der Waals surface area contributed by atoms with Crippen molar-refractivity contribution in [3.05, 3.63) is 70.8 Å². The minimum absolute atomic E-state index is 0.0966. The molecule has 4 rings (SSSR count). The number of nitrogens with one attached hydrogen (secondary N) is 1. The lowest BCUT2D eigenvalue weighted by Crippen LogP contribution is -2.17. The molecule has 0 aliphatic rings. The van der Waals surface area contributed by atoms with Crippen molar-refractivity contribution < 1.29 is 14.4 Å². The van der Waals surface area contributed by atoms with Crippen molar-refractivity contribution in [3.8, 4) is 22.5 Å². The fourth-order valence-corrected chi connectivity index (χ4v) is 3.98. The second-order valence-corrected chi connectivity index (χ2v) is 7.92. The van der Waals surface area contributed by atoms with Crippen LogP contribution < -0.4 is 5.90 Å².